The van der Waals surface area contributed by atoms with Crippen LogP contribution in [-0.2, 0) is 6.42 Å². The summed E-state index contributed by atoms with van der Waals surface area (Å²) in [6.45, 7) is 5.77. The molecule has 3 N–H and O–H groups in total. The van der Waals surface area contributed by atoms with Crippen LogP contribution in [0.15, 0.2) is 84.9 Å². The van der Waals surface area contributed by atoms with Crippen molar-refractivity contribution < 1.29 is 4.79 Å². The van der Waals surface area contributed by atoms with E-state index in [-0.39, 0.29) is 5.91 Å². The van der Waals surface area contributed by atoms with Crippen LogP contribution in [0.25, 0.3) is 11.3 Å². The van der Waals surface area contributed by atoms with Crippen LogP contribution < -0.4 is 16.0 Å². The van der Waals surface area contributed by atoms with E-state index in [1.807, 2.05) is 73.7 Å². The number of hydrogen-bond donors (Lipinski definition) is 2. The molecule has 0 unspecified atom stereocenters. The van der Waals surface area contributed by atoms with E-state index in [0.29, 0.717) is 28.2 Å². The summed E-state index contributed by atoms with van der Waals surface area (Å²) < 4.78 is 0. The maximum Gasteiger partial charge on any atom is 0.262 e. The Morgan fingerprint density at radius 1 is 1.03 bits per heavy atom. The van der Waals surface area contributed by atoms with Gasteiger partial charge in [-0.2, -0.15) is 5.26 Å². The number of pyridine rings is 1. The van der Waals surface area contributed by atoms with E-state index in [2.05, 4.69) is 18.3 Å². The van der Waals surface area contributed by atoms with Crippen molar-refractivity contribution in [1.82, 2.24) is 10.3 Å². The summed E-state index contributed by atoms with van der Waals surface area (Å²) in [5.74, 6) is -0.200. The van der Waals surface area contributed by atoms with Crippen molar-refractivity contribution in [3.05, 3.63) is 107 Å². The minimum Gasteiger partial charge on any atom is -0.397 e. The number of hydrogen-bond acceptors (Lipinski definition) is 5. The number of nitrogens with one attached hydrogen (secondary N) is 1. The number of carbonyl (C=O) groups excluding carboxylic acids is 1. The lowest BCUT2D eigenvalue weighted by Gasteiger charge is -2.24. The van der Waals surface area contributed by atoms with Crippen molar-refractivity contribution >= 4 is 23.0 Å². The average molecular weight is 476 g/mol. The number of benzene rings is 3. The summed E-state index contributed by atoms with van der Waals surface area (Å²) in [6.07, 6.45) is 0.813. The summed E-state index contributed by atoms with van der Waals surface area (Å²) in [6, 6.07) is 28.2. The van der Waals surface area contributed by atoms with E-state index in [0.717, 1.165) is 42.0 Å². The van der Waals surface area contributed by atoms with E-state index < -0.39 is 0 Å². The molecule has 0 saturated carbocycles. The molecule has 0 aliphatic carbocycles. The molecule has 36 heavy (non-hydrogen) atoms. The zero-order chi connectivity index (χ0) is 25.5. The zero-order valence-corrected chi connectivity index (χ0v) is 20.5. The largest absolute Gasteiger partial charge is 0.397 e. The summed E-state index contributed by atoms with van der Waals surface area (Å²) in [4.78, 5) is 20.1. The molecule has 6 heteroatoms. The third-order valence-electron chi connectivity index (χ3n) is 6.06. The number of nitriles is 1. The molecule has 180 valence electrons. The standard InChI is InChI=1S/C30H29N5O/c1-3-33-18-17-24-19-25(20-31)29(34-21(24)2)22-13-15-23(16-14-22)30(36)35(26-9-5-4-6-10-26)28-12-8-7-11-27(28)32/h4-16,19,33H,3,17-18,32H2,1-2H3. The van der Waals surface area contributed by atoms with Gasteiger partial charge in [-0.25, -0.2) is 0 Å². The third kappa shape index (κ3) is 5.27. The lowest BCUT2D eigenvalue weighted by molar-refractivity contribution is 0.0999. The van der Waals surface area contributed by atoms with Gasteiger partial charge in [-0.15, -0.1) is 0 Å². The van der Waals surface area contributed by atoms with Crippen molar-refractivity contribution in [2.75, 3.05) is 23.7 Å². The van der Waals surface area contributed by atoms with Gasteiger partial charge in [-0.1, -0.05) is 49.4 Å². The highest BCUT2D eigenvalue weighted by Crippen LogP contribution is 2.32. The fourth-order valence-corrected chi connectivity index (χ4v) is 4.14. The number of amides is 1. The SMILES string of the molecule is CCNCCc1cc(C#N)c(-c2ccc(C(=O)N(c3ccccc3)c3ccccc3N)cc2)nc1C. The number of para-hydroxylation sites is 3. The molecule has 4 aromatic rings. The molecule has 0 radical (unpaired) electrons. The number of anilines is 3. The number of likely N-dealkylation sites (N-methyl/N-ethyl adjacent to an activating group) is 1. The summed E-state index contributed by atoms with van der Waals surface area (Å²) >= 11 is 0. The highest BCUT2D eigenvalue weighted by molar-refractivity contribution is 6.12. The number of nitrogen functional groups attached to an aromatic ring is 1. The minimum absolute atomic E-state index is 0.200. The fraction of sp³-hybridized carbons (Fsp3) is 0.167. The monoisotopic (exact) mass is 475 g/mol. The van der Waals surface area contributed by atoms with Gasteiger partial charge in [0.15, 0.2) is 0 Å². The van der Waals surface area contributed by atoms with Crippen LogP contribution >= 0.6 is 0 Å². The van der Waals surface area contributed by atoms with Crippen LogP contribution in [0.1, 0.15) is 34.1 Å². The highest BCUT2D eigenvalue weighted by Gasteiger charge is 2.22. The molecule has 0 bridgehead atoms. The molecule has 4 rings (SSSR count). The van der Waals surface area contributed by atoms with Crippen LogP contribution in [0, 0.1) is 18.3 Å². The topological polar surface area (TPSA) is 95.0 Å². The van der Waals surface area contributed by atoms with Crippen molar-refractivity contribution in [3.8, 4) is 17.3 Å². The van der Waals surface area contributed by atoms with Crippen molar-refractivity contribution in [3.63, 3.8) is 0 Å². The molecular weight excluding hydrogens is 446 g/mol. The van der Waals surface area contributed by atoms with Gasteiger partial charge in [-0.05, 0) is 74.5 Å². The maximum absolute atomic E-state index is 13.7. The first kappa shape index (κ1) is 24.6. The number of nitrogens with zero attached hydrogens (tertiary/aromatic N) is 3. The van der Waals surface area contributed by atoms with Crippen LogP contribution in [0.3, 0.4) is 0 Å². The van der Waals surface area contributed by atoms with E-state index in [1.165, 1.54) is 0 Å². The van der Waals surface area contributed by atoms with Gasteiger partial charge in [0.2, 0.25) is 0 Å². The van der Waals surface area contributed by atoms with Gasteiger partial charge >= 0.3 is 0 Å². The Bertz CT molecular complexity index is 1390. The summed E-state index contributed by atoms with van der Waals surface area (Å²) in [7, 11) is 0. The summed E-state index contributed by atoms with van der Waals surface area (Å²) in [5, 5.41) is 13.1. The van der Waals surface area contributed by atoms with Crippen LogP contribution in [0.5, 0.6) is 0 Å². The van der Waals surface area contributed by atoms with E-state index in [1.54, 1.807) is 23.1 Å². The number of aryl methyl sites for hydroxylation is 1. The van der Waals surface area contributed by atoms with Crippen LogP contribution in [0.4, 0.5) is 17.1 Å². The quantitative estimate of drug-likeness (QED) is 0.254. The van der Waals surface area contributed by atoms with Crippen molar-refractivity contribution in [1.29, 1.82) is 5.26 Å². The molecule has 0 spiro atoms. The Morgan fingerprint density at radius 3 is 2.39 bits per heavy atom. The first-order valence-electron chi connectivity index (χ1n) is 12.0. The molecule has 0 fully saturated rings. The zero-order valence-electron chi connectivity index (χ0n) is 20.5. The summed E-state index contributed by atoms with van der Waals surface area (Å²) in [5.41, 5.74) is 12.5. The Hall–Kier alpha value is -4.47. The molecule has 0 atom stereocenters. The number of carbonyl (C=O) groups is 1. The third-order valence-corrected chi connectivity index (χ3v) is 6.06. The van der Waals surface area contributed by atoms with E-state index in [4.69, 9.17) is 10.7 Å². The molecule has 1 heterocycles. The molecule has 0 saturated heterocycles. The van der Waals surface area contributed by atoms with Crippen molar-refractivity contribution in [2.45, 2.75) is 20.3 Å². The second-order valence-electron chi connectivity index (χ2n) is 8.46. The predicted octanol–water partition coefficient (Wildman–Crippen LogP) is 5.64. The van der Waals surface area contributed by atoms with Gasteiger partial charge in [-0.3, -0.25) is 14.7 Å². The highest BCUT2D eigenvalue weighted by atomic mass is 16.2. The van der Waals surface area contributed by atoms with Crippen molar-refractivity contribution in [2.24, 2.45) is 0 Å². The second-order valence-corrected chi connectivity index (χ2v) is 8.46. The molecular formula is C30H29N5O. The van der Waals surface area contributed by atoms with Gasteiger partial charge in [0, 0.05) is 22.5 Å². The maximum atomic E-state index is 13.7. The van der Waals surface area contributed by atoms with Gasteiger partial charge in [0.1, 0.15) is 6.07 Å². The molecule has 1 amide bonds. The van der Waals surface area contributed by atoms with Crippen LogP contribution in [0.2, 0.25) is 0 Å². The van der Waals surface area contributed by atoms with E-state index >= 15 is 0 Å². The smallest absolute Gasteiger partial charge is 0.262 e. The Balaban J connectivity index is 1.67. The van der Waals surface area contributed by atoms with Gasteiger partial charge < -0.3 is 11.1 Å². The lowest BCUT2D eigenvalue weighted by Crippen LogP contribution is -2.26. The first-order valence-corrected chi connectivity index (χ1v) is 12.0. The molecule has 6 nitrogen and oxygen atoms in total. The predicted molar refractivity (Wildman–Crippen MR) is 145 cm³/mol. The lowest BCUT2D eigenvalue weighted by atomic mass is 10.00. The Morgan fingerprint density at radius 2 is 1.72 bits per heavy atom. The second kappa shape index (κ2) is 11.3. The normalized spacial score (nSPS) is 10.6. The first-order chi connectivity index (χ1) is 17.5. The minimum atomic E-state index is -0.200. The van der Waals surface area contributed by atoms with E-state index in [9.17, 15) is 10.1 Å². The van der Waals surface area contributed by atoms with Gasteiger partial charge in [0.05, 0.1) is 22.6 Å². The van der Waals surface area contributed by atoms with Crippen LogP contribution in [-0.4, -0.2) is 24.0 Å². The molecule has 0 aliphatic heterocycles. The Labute approximate surface area is 212 Å². The number of aromatic nitrogens is 1. The van der Waals surface area contributed by atoms with Gasteiger partial charge in [0.25, 0.3) is 5.91 Å². The number of nitrogens with two attached hydrogens (primary N) is 1. The number of rotatable bonds is 8. The molecule has 0 aliphatic rings. The molecule has 1 aromatic heterocycles. The Kier molecular flexibility index (Phi) is 7.74. The fourth-order valence-electron chi connectivity index (χ4n) is 4.14. The average Bonchev–Trinajstić information content (AvgIpc) is 2.91. The molecule has 3 aromatic carbocycles.